The molecule has 0 saturated carbocycles. The van der Waals surface area contributed by atoms with Gasteiger partial charge in [-0.1, -0.05) is 41.0 Å². The van der Waals surface area contributed by atoms with Crippen molar-refractivity contribution in [1.82, 2.24) is 9.97 Å². The number of hydrogen-bond donors (Lipinski definition) is 1. The maximum atomic E-state index is 12.6. The molecule has 1 N–H and O–H groups in total. The van der Waals surface area contributed by atoms with Crippen molar-refractivity contribution in [2.45, 2.75) is 17.6 Å². The molecule has 0 unspecified atom stereocenters. The molecule has 126 valence electrons. The van der Waals surface area contributed by atoms with Crippen LogP contribution in [0.1, 0.15) is 15.9 Å². The number of nitrogens with one attached hydrogen (secondary N) is 1. The predicted molar refractivity (Wildman–Crippen MR) is 96.5 cm³/mol. The molecule has 0 radical (unpaired) electrons. The lowest BCUT2D eigenvalue weighted by molar-refractivity contribution is 0.0209. The van der Waals surface area contributed by atoms with E-state index in [1.807, 2.05) is 6.26 Å². The summed E-state index contributed by atoms with van der Waals surface area (Å²) in [6.45, 7) is 1.25. The van der Waals surface area contributed by atoms with Crippen LogP contribution in [0.3, 0.4) is 0 Å². The van der Waals surface area contributed by atoms with E-state index >= 15 is 0 Å². The van der Waals surface area contributed by atoms with Crippen molar-refractivity contribution in [3.63, 3.8) is 0 Å². The first kappa shape index (κ1) is 17.5. The SMILES string of the molecule is CSc1ncc(CC(=O)c2c(Cl)cccc2Cl)c(NC2COC2)n1. The molecule has 0 amide bonds. The highest BCUT2D eigenvalue weighted by molar-refractivity contribution is 7.98. The minimum atomic E-state index is -0.168. The van der Waals surface area contributed by atoms with Crippen LogP contribution in [-0.2, 0) is 11.2 Å². The summed E-state index contributed by atoms with van der Waals surface area (Å²) < 4.78 is 5.17. The molecule has 1 saturated heterocycles. The van der Waals surface area contributed by atoms with Crippen molar-refractivity contribution in [1.29, 1.82) is 0 Å². The number of rotatable bonds is 6. The van der Waals surface area contributed by atoms with E-state index in [-0.39, 0.29) is 18.2 Å². The number of carbonyl (C=O) groups is 1. The first-order valence-electron chi connectivity index (χ1n) is 7.30. The Hall–Kier alpha value is -1.34. The molecule has 1 fully saturated rings. The highest BCUT2D eigenvalue weighted by Crippen LogP contribution is 2.27. The van der Waals surface area contributed by atoms with Crippen LogP contribution >= 0.6 is 35.0 Å². The first-order chi connectivity index (χ1) is 11.6. The summed E-state index contributed by atoms with van der Waals surface area (Å²) in [6.07, 6.45) is 3.69. The molecule has 1 aliphatic rings. The fourth-order valence-corrected chi connectivity index (χ4v) is 3.23. The second kappa shape index (κ2) is 7.70. The van der Waals surface area contributed by atoms with Gasteiger partial charge >= 0.3 is 0 Å². The van der Waals surface area contributed by atoms with Crippen molar-refractivity contribution >= 4 is 46.6 Å². The van der Waals surface area contributed by atoms with Crippen molar-refractivity contribution < 1.29 is 9.53 Å². The van der Waals surface area contributed by atoms with Gasteiger partial charge < -0.3 is 10.1 Å². The van der Waals surface area contributed by atoms with Crippen LogP contribution in [0.4, 0.5) is 5.82 Å². The molecule has 3 rings (SSSR count). The number of nitrogens with zero attached hydrogens (tertiary/aromatic N) is 2. The van der Waals surface area contributed by atoms with E-state index in [9.17, 15) is 4.79 Å². The third-order valence-electron chi connectivity index (χ3n) is 3.60. The Bertz CT molecular complexity index is 749. The smallest absolute Gasteiger partial charge is 0.189 e. The van der Waals surface area contributed by atoms with Crippen LogP contribution in [-0.4, -0.2) is 41.3 Å². The molecule has 8 heteroatoms. The number of ketones is 1. The number of aromatic nitrogens is 2. The van der Waals surface area contributed by atoms with Crippen LogP contribution in [0.2, 0.25) is 10.0 Å². The molecule has 2 aromatic rings. The molecule has 1 aromatic heterocycles. The van der Waals surface area contributed by atoms with Gasteiger partial charge in [0.1, 0.15) is 5.82 Å². The summed E-state index contributed by atoms with van der Waals surface area (Å²) in [7, 11) is 0. The van der Waals surface area contributed by atoms with Gasteiger partial charge in [-0.3, -0.25) is 4.79 Å². The summed E-state index contributed by atoms with van der Waals surface area (Å²) in [5.74, 6) is 0.484. The molecule has 0 bridgehead atoms. The quantitative estimate of drug-likeness (QED) is 0.465. The predicted octanol–water partition coefficient (Wildman–Crippen LogP) is 3.74. The Morgan fingerprint density at radius 3 is 2.67 bits per heavy atom. The minimum Gasteiger partial charge on any atom is -0.377 e. The number of anilines is 1. The van der Waals surface area contributed by atoms with Gasteiger partial charge in [0.25, 0.3) is 0 Å². The van der Waals surface area contributed by atoms with Crippen LogP contribution < -0.4 is 5.32 Å². The molecule has 5 nitrogen and oxygen atoms in total. The fourth-order valence-electron chi connectivity index (χ4n) is 2.28. The monoisotopic (exact) mass is 383 g/mol. The normalized spacial score (nSPS) is 14.3. The number of ether oxygens (including phenoxy) is 1. The summed E-state index contributed by atoms with van der Waals surface area (Å²) in [5.41, 5.74) is 1.04. The molecular weight excluding hydrogens is 369 g/mol. The average Bonchev–Trinajstić information content (AvgIpc) is 2.52. The van der Waals surface area contributed by atoms with Crippen molar-refractivity contribution in [3.8, 4) is 0 Å². The Labute approximate surface area is 154 Å². The number of Topliss-reactive ketones (excluding diaryl/α,β-unsaturated/α-hetero) is 1. The lowest BCUT2D eigenvalue weighted by Gasteiger charge is -2.28. The second-order valence-corrected chi connectivity index (χ2v) is 6.89. The molecule has 1 aliphatic heterocycles. The molecule has 0 spiro atoms. The van der Waals surface area contributed by atoms with Gasteiger partial charge in [0, 0.05) is 18.2 Å². The summed E-state index contributed by atoms with van der Waals surface area (Å²) in [4.78, 5) is 21.4. The number of thioether (sulfide) groups is 1. The summed E-state index contributed by atoms with van der Waals surface area (Å²) in [5, 5.41) is 4.63. The van der Waals surface area contributed by atoms with Gasteiger partial charge in [-0.15, -0.1) is 0 Å². The molecule has 24 heavy (non-hydrogen) atoms. The van der Waals surface area contributed by atoms with Crippen LogP contribution in [0.15, 0.2) is 29.6 Å². The minimum absolute atomic E-state index is 0.119. The number of halogens is 2. The van der Waals surface area contributed by atoms with E-state index in [4.69, 9.17) is 27.9 Å². The number of hydrogen-bond acceptors (Lipinski definition) is 6. The van der Waals surface area contributed by atoms with Crippen LogP contribution in [0, 0.1) is 0 Å². The van der Waals surface area contributed by atoms with E-state index in [0.717, 1.165) is 0 Å². The summed E-state index contributed by atoms with van der Waals surface area (Å²) >= 11 is 13.7. The Kier molecular flexibility index (Phi) is 5.61. The lowest BCUT2D eigenvalue weighted by atomic mass is 10.0. The summed E-state index contributed by atoms with van der Waals surface area (Å²) in [6, 6.07) is 5.21. The van der Waals surface area contributed by atoms with Gasteiger partial charge in [0.05, 0.1) is 34.9 Å². The Morgan fingerprint density at radius 2 is 2.08 bits per heavy atom. The molecule has 1 aromatic carbocycles. The van der Waals surface area contributed by atoms with E-state index < -0.39 is 0 Å². The van der Waals surface area contributed by atoms with Crippen LogP contribution in [0.25, 0.3) is 0 Å². The van der Waals surface area contributed by atoms with Crippen molar-refractivity contribution in [2.75, 3.05) is 24.8 Å². The van der Waals surface area contributed by atoms with Gasteiger partial charge in [-0.05, 0) is 18.4 Å². The second-order valence-electron chi connectivity index (χ2n) is 5.31. The largest absolute Gasteiger partial charge is 0.377 e. The molecule has 2 heterocycles. The Balaban J connectivity index is 1.86. The van der Waals surface area contributed by atoms with Gasteiger partial charge in [-0.25, -0.2) is 9.97 Å². The van der Waals surface area contributed by atoms with Gasteiger partial charge in [0.2, 0.25) is 0 Å². The van der Waals surface area contributed by atoms with E-state index in [0.29, 0.717) is 45.4 Å². The first-order valence-corrected chi connectivity index (χ1v) is 9.28. The number of benzene rings is 1. The van der Waals surface area contributed by atoms with E-state index in [2.05, 4.69) is 15.3 Å². The zero-order chi connectivity index (χ0) is 17.1. The Morgan fingerprint density at radius 1 is 1.38 bits per heavy atom. The van der Waals surface area contributed by atoms with Crippen molar-refractivity contribution in [2.24, 2.45) is 0 Å². The zero-order valence-corrected chi connectivity index (χ0v) is 15.2. The molecular formula is C16H15Cl2N3O2S. The highest BCUT2D eigenvalue weighted by atomic mass is 35.5. The fraction of sp³-hybridized carbons (Fsp3) is 0.312. The third kappa shape index (κ3) is 3.83. The molecule has 0 atom stereocenters. The maximum absolute atomic E-state index is 12.6. The zero-order valence-electron chi connectivity index (χ0n) is 12.9. The van der Waals surface area contributed by atoms with Crippen LogP contribution in [0.5, 0.6) is 0 Å². The topological polar surface area (TPSA) is 64.1 Å². The molecule has 0 aliphatic carbocycles. The lowest BCUT2D eigenvalue weighted by Crippen LogP contribution is -2.40. The van der Waals surface area contributed by atoms with Gasteiger partial charge in [0.15, 0.2) is 10.9 Å². The maximum Gasteiger partial charge on any atom is 0.189 e. The average molecular weight is 384 g/mol. The van der Waals surface area contributed by atoms with Crippen molar-refractivity contribution in [3.05, 3.63) is 45.6 Å². The standard InChI is InChI=1S/C16H15Cl2N3O2S/c1-24-16-19-6-9(15(21-16)20-10-7-23-8-10)5-13(22)14-11(17)3-2-4-12(14)18/h2-4,6,10H,5,7-8H2,1H3,(H,19,20,21). The third-order valence-corrected chi connectivity index (χ3v) is 4.79. The van der Waals surface area contributed by atoms with Gasteiger partial charge in [-0.2, -0.15) is 0 Å². The number of carbonyl (C=O) groups excluding carboxylic acids is 1. The highest BCUT2D eigenvalue weighted by Gasteiger charge is 2.22. The van der Waals surface area contributed by atoms with E-state index in [1.165, 1.54) is 11.8 Å². The van der Waals surface area contributed by atoms with E-state index in [1.54, 1.807) is 24.4 Å².